The summed E-state index contributed by atoms with van der Waals surface area (Å²) in [4.78, 5) is 8.08. The molecule has 0 fully saturated rings. The summed E-state index contributed by atoms with van der Waals surface area (Å²) in [6, 6.07) is 7.24. The van der Waals surface area contributed by atoms with Crippen LogP contribution in [0.4, 0.5) is 0 Å². The number of halogens is 1. The Kier molecular flexibility index (Phi) is 3.08. The average molecular weight is 265 g/mol. The molecule has 2 aromatic heterocycles. The van der Waals surface area contributed by atoms with Gasteiger partial charge in [0.2, 0.25) is 0 Å². The quantitative estimate of drug-likeness (QED) is 0.906. The van der Waals surface area contributed by atoms with Gasteiger partial charge in [-0.25, -0.2) is 0 Å². The molecule has 0 bridgehead atoms. The van der Waals surface area contributed by atoms with Gasteiger partial charge < -0.3 is 5.11 Å². The Balaban J connectivity index is 2.29. The second-order valence-corrected chi connectivity index (χ2v) is 4.01. The number of rotatable bonds is 2. The molecule has 3 nitrogen and oxygen atoms in total. The number of aliphatic hydroxyl groups is 1. The standard InChI is InChI=1S/C11H9BrN2O/c12-9-3-4-10(14-7-9)11(15)8-2-1-5-13-6-8/h1-7,11,15H/t11-/m1/s1. The molecule has 15 heavy (non-hydrogen) atoms. The van der Waals surface area contributed by atoms with Crippen molar-refractivity contribution in [1.29, 1.82) is 0 Å². The molecular weight excluding hydrogens is 256 g/mol. The lowest BCUT2D eigenvalue weighted by Crippen LogP contribution is -2.02. The van der Waals surface area contributed by atoms with Crippen LogP contribution in [0, 0.1) is 0 Å². The molecule has 76 valence electrons. The summed E-state index contributed by atoms with van der Waals surface area (Å²) in [5.74, 6) is 0. The molecule has 0 unspecified atom stereocenters. The summed E-state index contributed by atoms with van der Waals surface area (Å²) in [5.41, 5.74) is 1.36. The van der Waals surface area contributed by atoms with Crippen LogP contribution in [-0.4, -0.2) is 15.1 Å². The molecule has 1 atom stereocenters. The van der Waals surface area contributed by atoms with E-state index in [0.717, 1.165) is 10.0 Å². The highest BCUT2D eigenvalue weighted by Crippen LogP contribution is 2.20. The van der Waals surface area contributed by atoms with E-state index >= 15 is 0 Å². The van der Waals surface area contributed by atoms with Gasteiger partial charge in [0, 0.05) is 28.6 Å². The topological polar surface area (TPSA) is 46.0 Å². The number of hydrogen-bond donors (Lipinski definition) is 1. The van der Waals surface area contributed by atoms with Crippen molar-refractivity contribution in [2.24, 2.45) is 0 Å². The molecule has 0 aliphatic rings. The minimum Gasteiger partial charge on any atom is -0.382 e. The molecule has 0 aliphatic carbocycles. The highest BCUT2D eigenvalue weighted by atomic mass is 79.9. The molecule has 0 radical (unpaired) electrons. The molecular formula is C11H9BrN2O. The maximum Gasteiger partial charge on any atom is 0.122 e. The van der Waals surface area contributed by atoms with Crippen LogP contribution in [0.3, 0.4) is 0 Å². The Hall–Kier alpha value is -1.26. The number of aliphatic hydroxyl groups excluding tert-OH is 1. The van der Waals surface area contributed by atoms with Crippen molar-refractivity contribution in [3.8, 4) is 0 Å². The summed E-state index contributed by atoms with van der Waals surface area (Å²) in [6.07, 6.45) is 4.25. The molecule has 2 heterocycles. The fourth-order valence-corrected chi connectivity index (χ4v) is 1.49. The molecule has 2 aromatic rings. The van der Waals surface area contributed by atoms with Crippen LogP contribution in [0.15, 0.2) is 47.3 Å². The maximum absolute atomic E-state index is 9.96. The Morgan fingerprint density at radius 2 is 2.07 bits per heavy atom. The fraction of sp³-hybridized carbons (Fsp3) is 0.0909. The monoisotopic (exact) mass is 264 g/mol. The molecule has 2 rings (SSSR count). The van der Waals surface area contributed by atoms with Crippen LogP contribution in [-0.2, 0) is 0 Å². The molecule has 0 saturated carbocycles. The van der Waals surface area contributed by atoms with Crippen LogP contribution in [0.25, 0.3) is 0 Å². The zero-order chi connectivity index (χ0) is 10.7. The van der Waals surface area contributed by atoms with Crippen LogP contribution in [0.1, 0.15) is 17.4 Å². The van der Waals surface area contributed by atoms with E-state index in [2.05, 4.69) is 25.9 Å². The van der Waals surface area contributed by atoms with Gasteiger partial charge in [-0.1, -0.05) is 6.07 Å². The lowest BCUT2D eigenvalue weighted by Gasteiger charge is -2.09. The first-order valence-electron chi connectivity index (χ1n) is 4.47. The Labute approximate surface area is 96.0 Å². The van der Waals surface area contributed by atoms with Crippen LogP contribution in [0.5, 0.6) is 0 Å². The minimum atomic E-state index is -0.716. The molecule has 0 amide bonds. The van der Waals surface area contributed by atoms with E-state index in [-0.39, 0.29) is 0 Å². The molecule has 1 N–H and O–H groups in total. The number of aromatic nitrogens is 2. The minimum absolute atomic E-state index is 0.617. The van der Waals surface area contributed by atoms with E-state index in [1.165, 1.54) is 0 Å². The van der Waals surface area contributed by atoms with Crippen molar-refractivity contribution in [3.05, 3.63) is 58.6 Å². The average Bonchev–Trinajstić information content (AvgIpc) is 2.30. The summed E-state index contributed by atoms with van der Waals surface area (Å²) in [5, 5.41) is 9.96. The van der Waals surface area contributed by atoms with Gasteiger partial charge >= 0.3 is 0 Å². The summed E-state index contributed by atoms with van der Waals surface area (Å²) in [6.45, 7) is 0. The van der Waals surface area contributed by atoms with Crippen LogP contribution in [0.2, 0.25) is 0 Å². The zero-order valence-electron chi connectivity index (χ0n) is 7.84. The third-order valence-corrected chi connectivity index (χ3v) is 2.50. The summed E-state index contributed by atoms with van der Waals surface area (Å²) < 4.78 is 0.893. The Morgan fingerprint density at radius 1 is 1.20 bits per heavy atom. The third-order valence-electron chi connectivity index (χ3n) is 2.03. The predicted molar refractivity (Wildman–Crippen MR) is 60.2 cm³/mol. The second-order valence-electron chi connectivity index (χ2n) is 3.09. The van der Waals surface area contributed by atoms with Crippen LogP contribution < -0.4 is 0 Å². The van der Waals surface area contributed by atoms with Gasteiger partial charge in [-0.2, -0.15) is 0 Å². The Morgan fingerprint density at radius 3 is 2.67 bits per heavy atom. The highest BCUT2D eigenvalue weighted by Gasteiger charge is 2.10. The van der Waals surface area contributed by atoms with Gasteiger partial charge in [0.25, 0.3) is 0 Å². The van der Waals surface area contributed by atoms with Crippen molar-refractivity contribution in [3.63, 3.8) is 0 Å². The van der Waals surface area contributed by atoms with Gasteiger partial charge in [0.05, 0.1) is 5.69 Å². The Bertz CT molecular complexity index is 430. The van der Waals surface area contributed by atoms with Gasteiger partial charge in [0.15, 0.2) is 0 Å². The SMILES string of the molecule is O[C@H](c1cccnc1)c1ccc(Br)cn1. The summed E-state index contributed by atoms with van der Waals surface area (Å²) in [7, 11) is 0. The molecule has 0 saturated heterocycles. The number of pyridine rings is 2. The zero-order valence-corrected chi connectivity index (χ0v) is 9.42. The predicted octanol–water partition coefficient (Wildman–Crippen LogP) is 2.32. The van der Waals surface area contributed by atoms with E-state index in [9.17, 15) is 5.11 Å². The largest absolute Gasteiger partial charge is 0.382 e. The van der Waals surface area contributed by atoms with E-state index in [1.807, 2.05) is 12.1 Å². The van der Waals surface area contributed by atoms with E-state index in [4.69, 9.17) is 0 Å². The van der Waals surface area contributed by atoms with Crippen molar-refractivity contribution in [1.82, 2.24) is 9.97 Å². The highest BCUT2D eigenvalue weighted by molar-refractivity contribution is 9.10. The maximum atomic E-state index is 9.96. The molecule has 0 aromatic carbocycles. The van der Waals surface area contributed by atoms with Crippen molar-refractivity contribution in [2.45, 2.75) is 6.10 Å². The summed E-state index contributed by atoms with van der Waals surface area (Å²) >= 11 is 3.29. The van der Waals surface area contributed by atoms with E-state index in [0.29, 0.717) is 5.69 Å². The number of nitrogens with zero attached hydrogens (tertiary/aromatic N) is 2. The lowest BCUT2D eigenvalue weighted by molar-refractivity contribution is 0.215. The number of hydrogen-bond acceptors (Lipinski definition) is 3. The first-order chi connectivity index (χ1) is 7.27. The van der Waals surface area contributed by atoms with Crippen molar-refractivity contribution in [2.75, 3.05) is 0 Å². The first-order valence-corrected chi connectivity index (χ1v) is 5.26. The van der Waals surface area contributed by atoms with Gasteiger partial charge in [-0.3, -0.25) is 9.97 Å². The smallest absolute Gasteiger partial charge is 0.122 e. The normalized spacial score (nSPS) is 12.4. The molecule has 0 spiro atoms. The third kappa shape index (κ3) is 2.40. The molecule has 0 aliphatic heterocycles. The van der Waals surface area contributed by atoms with Gasteiger partial charge in [-0.15, -0.1) is 0 Å². The molecule has 4 heteroatoms. The van der Waals surface area contributed by atoms with Crippen molar-refractivity contribution >= 4 is 15.9 Å². The second kappa shape index (κ2) is 4.51. The lowest BCUT2D eigenvalue weighted by atomic mass is 10.1. The van der Waals surface area contributed by atoms with Crippen LogP contribution >= 0.6 is 15.9 Å². The van der Waals surface area contributed by atoms with Crippen molar-refractivity contribution < 1.29 is 5.11 Å². The van der Waals surface area contributed by atoms with Gasteiger partial charge in [-0.05, 0) is 34.1 Å². The van der Waals surface area contributed by atoms with Gasteiger partial charge in [0.1, 0.15) is 6.10 Å². The first kappa shape index (κ1) is 10.3. The fourth-order valence-electron chi connectivity index (χ4n) is 1.26. The van der Waals surface area contributed by atoms with E-state index in [1.54, 1.807) is 30.7 Å². The van der Waals surface area contributed by atoms with E-state index < -0.39 is 6.10 Å².